The van der Waals surface area contributed by atoms with Gasteiger partial charge in [-0.05, 0) is 36.8 Å². The summed E-state index contributed by atoms with van der Waals surface area (Å²) >= 11 is 5.80. The van der Waals surface area contributed by atoms with Gasteiger partial charge in [0.25, 0.3) is 0 Å². The Morgan fingerprint density at radius 3 is 2.76 bits per heavy atom. The van der Waals surface area contributed by atoms with Crippen LogP contribution in [0.2, 0.25) is 0 Å². The number of aryl methyl sites for hydroxylation is 2. The van der Waals surface area contributed by atoms with E-state index < -0.39 is 11.6 Å². The highest BCUT2D eigenvalue weighted by Gasteiger charge is 2.17. The molecule has 0 saturated carbocycles. The first-order chi connectivity index (χ1) is 10.1. The van der Waals surface area contributed by atoms with Crippen molar-refractivity contribution in [2.24, 2.45) is 0 Å². The summed E-state index contributed by atoms with van der Waals surface area (Å²) in [4.78, 5) is 4.50. The zero-order chi connectivity index (χ0) is 15.0. The van der Waals surface area contributed by atoms with Gasteiger partial charge in [-0.25, -0.2) is 13.8 Å². The fourth-order valence-corrected chi connectivity index (χ4v) is 2.60. The molecule has 1 heterocycles. The first-order valence-electron chi connectivity index (χ1n) is 6.60. The third kappa shape index (κ3) is 2.40. The molecule has 0 amide bonds. The van der Waals surface area contributed by atoms with Gasteiger partial charge in [0, 0.05) is 12.3 Å². The minimum Gasteiger partial charge on any atom is -0.293 e. The van der Waals surface area contributed by atoms with E-state index in [0.29, 0.717) is 18.1 Å². The predicted octanol–water partition coefficient (Wildman–Crippen LogP) is 4.39. The zero-order valence-corrected chi connectivity index (χ0v) is 12.2. The van der Waals surface area contributed by atoms with E-state index >= 15 is 0 Å². The number of aromatic nitrogens is 2. The van der Waals surface area contributed by atoms with Gasteiger partial charge in [-0.1, -0.05) is 12.1 Å². The van der Waals surface area contributed by atoms with E-state index in [4.69, 9.17) is 11.6 Å². The first kappa shape index (κ1) is 14.0. The summed E-state index contributed by atoms with van der Waals surface area (Å²) in [7, 11) is 0. The molecular formula is C16H13ClF2N2. The topological polar surface area (TPSA) is 17.8 Å². The molecule has 3 aromatic rings. The lowest BCUT2D eigenvalue weighted by atomic mass is 10.2. The maximum absolute atomic E-state index is 14.1. The van der Waals surface area contributed by atoms with E-state index in [1.807, 2.05) is 25.1 Å². The number of nitrogens with zero attached hydrogens (tertiary/aromatic N) is 2. The van der Waals surface area contributed by atoms with Crippen molar-refractivity contribution >= 4 is 22.6 Å². The molecule has 21 heavy (non-hydrogen) atoms. The second-order valence-electron chi connectivity index (χ2n) is 4.87. The Labute approximate surface area is 126 Å². The Kier molecular flexibility index (Phi) is 3.64. The number of hydrogen-bond acceptors (Lipinski definition) is 1. The van der Waals surface area contributed by atoms with E-state index in [1.165, 1.54) is 12.1 Å². The fraction of sp³-hybridized carbons (Fsp3) is 0.188. The second kappa shape index (κ2) is 5.45. The molecule has 0 aliphatic heterocycles. The predicted molar refractivity (Wildman–Crippen MR) is 80.1 cm³/mol. The van der Waals surface area contributed by atoms with Gasteiger partial charge in [0.2, 0.25) is 0 Å². The molecule has 0 atom stereocenters. The molecule has 0 radical (unpaired) electrons. The molecule has 0 aliphatic rings. The maximum atomic E-state index is 14.1. The third-order valence-corrected chi connectivity index (χ3v) is 3.56. The van der Waals surface area contributed by atoms with Crippen molar-refractivity contribution in [3.05, 3.63) is 59.4 Å². The van der Waals surface area contributed by atoms with Crippen LogP contribution in [0, 0.1) is 18.6 Å². The zero-order valence-electron chi connectivity index (χ0n) is 11.4. The highest BCUT2D eigenvalue weighted by molar-refractivity contribution is 6.17. The molecule has 108 valence electrons. The number of rotatable bonds is 3. The van der Waals surface area contributed by atoms with Crippen molar-refractivity contribution in [2.75, 3.05) is 5.88 Å². The normalized spacial score (nSPS) is 11.2. The van der Waals surface area contributed by atoms with Crippen molar-refractivity contribution in [3.8, 4) is 5.69 Å². The van der Waals surface area contributed by atoms with Crippen LogP contribution in [0.3, 0.4) is 0 Å². The second-order valence-corrected chi connectivity index (χ2v) is 5.25. The van der Waals surface area contributed by atoms with Crippen molar-refractivity contribution < 1.29 is 8.78 Å². The fourth-order valence-electron chi connectivity index (χ4n) is 2.43. The minimum absolute atomic E-state index is 0.154. The highest BCUT2D eigenvalue weighted by Crippen LogP contribution is 2.25. The third-order valence-electron chi connectivity index (χ3n) is 3.37. The molecule has 0 N–H and O–H groups in total. The summed E-state index contributed by atoms with van der Waals surface area (Å²) in [5, 5.41) is 0. The Bertz CT molecular complexity index is 811. The van der Waals surface area contributed by atoms with Crippen LogP contribution in [0.5, 0.6) is 0 Å². The van der Waals surface area contributed by atoms with Gasteiger partial charge in [0.05, 0.1) is 16.7 Å². The number of fused-ring (bicyclic) bond motifs is 1. The van der Waals surface area contributed by atoms with Gasteiger partial charge < -0.3 is 0 Å². The van der Waals surface area contributed by atoms with Gasteiger partial charge >= 0.3 is 0 Å². The number of hydrogen-bond donors (Lipinski definition) is 0. The molecule has 0 saturated heterocycles. The smallest absolute Gasteiger partial charge is 0.182 e. The average Bonchev–Trinajstić information content (AvgIpc) is 2.79. The lowest BCUT2D eigenvalue weighted by molar-refractivity contribution is 0.504. The van der Waals surface area contributed by atoms with E-state index in [-0.39, 0.29) is 5.69 Å². The van der Waals surface area contributed by atoms with Crippen LogP contribution in [0.4, 0.5) is 8.78 Å². The van der Waals surface area contributed by atoms with Crippen LogP contribution in [0.15, 0.2) is 36.4 Å². The lowest BCUT2D eigenvalue weighted by Gasteiger charge is -2.10. The summed E-state index contributed by atoms with van der Waals surface area (Å²) in [6.45, 7) is 1.96. The quantitative estimate of drug-likeness (QED) is 0.656. The van der Waals surface area contributed by atoms with E-state index in [0.717, 1.165) is 22.7 Å². The number of benzene rings is 2. The van der Waals surface area contributed by atoms with Crippen molar-refractivity contribution in [3.63, 3.8) is 0 Å². The van der Waals surface area contributed by atoms with Crippen LogP contribution in [-0.2, 0) is 6.42 Å². The monoisotopic (exact) mass is 306 g/mol. The summed E-state index contributed by atoms with van der Waals surface area (Å²) in [5.74, 6) is -0.777. The van der Waals surface area contributed by atoms with E-state index in [1.54, 1.807) is 4.57 Å². The van der Waals surface area contributed by atoms with Gasteiger partial charge in [0.1, 0.15) is 5.82 Å². The molecule has 2 nitrogen and oxygen atoms in total. The molecule has 0 aliphatic carbocycles. The Balaban J connectivity index is 2.33. The Morgan fingerprint density at radius 1 is 1.19 bits per heavy atom. The highest BCUT2D eigenvalue weighted by atomic mass is 35.5. The Hall–Kier alpha value is -1.94. The molecule has 1 aromatic heterocycles. The molecule has 0 spiro atoms. The van der Waals surface area contributed by atoms with Gasteiger partial charge in [-0.2, -0.15) is 0 Å². The average molecular weight is 307 g/mol. The number of halogens is 3. The standard InChI is InChI=1S/C16H13ClF2N2/c1-10-5-6-13-12(9-10)20-15(7-8-17)21(13)14-4-2-3-11(18)16(14)19/h2-6,9H,7-8H2,1H3. The Morgan fingerprint density at radius 2 is 2.00 bits per heavy atom. The first-order valence-corrected chi connectivity index (χ1v) is 7.13. The van der Waals surface area contributed by atoms with Gasteiger partial charge in [-0.3, -0.25) is 4.57 Å². The van der Waals surface area contributed by atoms with Crippen molar-refractivity contribution in [1.29, 1.82) is 0 Å². The molecule has 0 fully saturated rings. The van der Waals surface area contributed by atoms with Gasteiger partial charge in [0.15, 0.2) is 11.6 Å². The van der Waals surface area contributed by atoms with E-state index in [9.17, 15) is 8.78 Å². The van der Waals surface area contributed by atoms with Crippen LogP contribution < -0.4 is 0 Å². The van der Waals surface area contributed by atoms with Crippen LogP contribution >= 0.6 is 11.6 Å². The summed E-state index contributed by atoms with van der Waals surface area (Å²) in [6.07, 6.45) is 0.477. The van der Waals surface area contributed by atoms with Gasteiger partial charge in [-0.15, -0.1) is 11.6 Å². The van der Waals surface area contributed by atoms with E-state index in [2.05, 4.69) is 4.98 Å². The molecule has 3 rings (SSSR count). The largest absolute Gasteiger partial charge is 0.293 e. The maximum Gasteiger partial charge on any atom is 0.182 e. The van der Waals surface area contributed by atoms with Crippen molar-refractivity contribution in [2.45, 2.75) is 13.3 Å². The summed E-state index contributed by atoms with van der Waals surface area (Å²) < 4.78 is 29.3. The molecular weight excluding hydrogens is 294 g/mol. The van der Waals surface area contributed by atoms with Crippen LogP contribution in [0.25, 0.3) is 16.7 Å². The van der Waals surface area contributed by atoms with Crippen LogP contribution in [-0.4, -0.2) is 15.4 Å². The SMILES string of the molecule is Cc1ccc2c(c1)nc(CCCl)n2-c1cccc(F)c1F. The lowest BCUT2D eigenvalue weighted by Crippen LogP contribution is -2.05. The number of imidazole rings is 1. The van der Waals surface area contributed by atoms with Crippen molar-refractivity contribution in [1.82, 2.24) is 9.55 Å². The summed E-state index contributed by atoms with van der Waals surface area (Å²) in [6, 6.07) is 9.82. The molecule has 0 bridgehead atoms. The number of alkyl halides is 1. The molecule has 5 heteroatoms. The minimum atomic E-state index is -0.881. The van der Waals surface area contributed by atoms with Crippen LogP contribution in [0.1, 0.15) is 11.4 Å². The molecule has 2 aromatic carbocycles. The summed E-state index contributed by atoms with van der Waals surface area (Å²) in [5.41, 5.74) is 2.70. The molecule has 0 unspecified atom stereocenters.